The molecule has 1 aromatic carbocycles. The Kier molecular flexibility index (Phi) is 4.83. The average molecular weight is 306 g/mol. The predicted molar refractivity (Wildman–Crippen MR) is 87.3 cm³/mol. The molecule has 2 rings (SSSR count). The molecule has 0 aliphatic heterocycles. The van der Waals surface area contributed by atoms with Gasteiger partial charge >= 0.3 is 0 Å². The molecule has 21 heavy (non-hydrogen) atoms. The highest BCUT2D eigenvalue weighted by Crippen LogP contribution is 2.51. The first kappa shape index (κ1) is 15.8. The summed E-state index contributed by atoms with van der Waals surface area (Å²) in [6.45, 7) is 5.19. The van der Waals surface area contributed by atoms with Crippen molar-refractivity contribution in [3.8, 4) is 5.75 Å². The Labute approximate surface area is 131 Å². The molecule has 0 aromatic heterocycles. The van der Waals surface area contributed by atoms with Gasteiger partial charge in [0, 0.05) is 12.1 Å². The number of hydrogen-bond donors (Lipinski definition) is 2. The lowest BCUT2D eigenvalue weighted by atomic mass is 9.92. The molecular weight excluding hydrogens is 284 g/mol. The first-order valence-corrected chi connectivity index (χ1v) is 7.63. The molecule has 1 fully saturated rings. The number of ether oxygens (including phenoxy) is 1. The van der Waals surface area contributed by atoms with Gasteiger partial charge in [-0.2, -0.15) is 0 Å². The number of carbonyl (C=O) groups is 1. The third-order valence-corrected chi connectivity index (χ3v) is 4.50. The predicted octanol–water partition coefficient (Wildman–Crippen LogP) is 2.25. The Morgan fingerprint density at radius 3 is 2.48 bits per heavy atom. The van der Waals surface area contributed by atoms with Crippen LogP contribution in [0.3, 0.4) is 0 Å². The second-order valence-corrected chi connectivity index (χ2v) is 6.41. The topological polar surface area (TPSA) is 64.3 Å². The average Bonchev–Trinajstić information content (AvgIpc) is 3.24. The molecule has 3 N–H and O–H groups in total. The van der Waals surface area contributed by atoms with Crippen LogP contribution in [0.2, 0.25) is 0 Å². The highest BCUT2D eigenvalue weighted by molar-refractivity contribution is 7.80. The highest BCUT2D eigenvalue weighted by atomic mass is 32.1. The summed E-state index contributed by atoms with van der Waals surface area (Å²) in [7, 11) is 0. The lowest BCUT2D eigenvalue weighted by Crippen LogP contribution is -2.35. The maximum absolute atomic E-state index is 11.8. The van der Waals surface area contributed by atoms with E-state index in [1.54, 1.807) is 24.3 Å². The monoisotopic (exact) mass is 306 g/mol. The zero-order valence-corrected chi connectivity index (χ0v) is 13.3. The van der Waals surface area contributed by atoms with Crippen LogP contribution in [0.15, 0.2) is 24.3 Å². The summed E-state index contributed by atoms with van der Waals surface area (Å²) in [5, 5.41) is 2.96. The van der Waals surface area contributed by atoms with E-state index in [0.717, 1.165) is 12.1 Å². The van der Waals surface area contributed by atoms with Crippen molar-refractivity contribution in [1.29, 1.82) is 0 Å². The number of rotatable bonds is 7. The van der Waals surface area contributed by atoms with Gasteiger partial charge in [-0.25, -0.2) is 0 Å². The summed E-state index contributed by atoms with van der Waals surface area (Å²) in [6.07, 6.45) is 2.40. The molecule has 0 heterocycles. The van der Waals surface area contributed by atoms with Crippen molar-refractivity contribution >= 4 is 23.1 Å². The number of carbonyl (C=O) groups excluding carboxylic acids is 1. The molecule has 4 nitrogen and oxygen atoms in total. The maximum atomic E-state index is 11.8. The zero-order chi connectivity index (χ0) is 15.5. The van der Waals surface area contributed by atoms with Crippen molar-refractivity contribution in [2.24, 2.45) is 17.1 Å². The minimum atomic E-state index is -0.0830. The Bertz CT molecular complexity index is 522. The van der Waals surface area contributed by atoms with Gasteiger partial charge in [0.05, 0.1) is 0 Å². The summed E-state index contributed by atoms with van der Waals surface area (Å²) in [4.78, 5) is 12.2. The first-order chi connectivity index (χ1) is 9.93. The van der Waals surface area contributed by atoms with E-state index in [4.69, 9.17) is 22.7 Å². The number of nitrogens with one attached hydrogen (secondary N) is 1. The normalized spacial score (nSPS) is 15.6. The fourth-order valence-electron chi connectivity index (χ4n) is 2.31. The third-order valence-electron chi connectivity index (χ3n) is 4.26. The van der Waals surface area contributed by atoms with E-state index in [2.05, 4.69) is 19.2 Å². The molecule has 114 valence electrons. The Hall–Kier alpha value is -1.62. The van der Waals surface area contributed by atoms with Gasteiger partial charge in [-0.1, -0.05) is 26.1 Å². The van der Waals surface area contributed by atoms with Crippen molar-refractivity contribution < 1.29 is 9.53 Å². The SMILES string of the molecule is CC(C)C1(CNC(=O)COc2ccc(C(N)=S)cc2)CC1. The minimum absolute atomic E-state index is 0.0284. The second-order valence-electron chi connectivity index (χ2n) is 5.97. The molecule has 0 bridgehead atoms. The summed E-state index contributed by atoms with van der Waals surface area (Å²) < 4.78 is 5.45. The smallest absolute Gasteiger partial charge is 0.257 e. The Morgan fingerprint density at radius 2 is 2.00 bits per heavy atom. The molecule has 1 aromatic rings. The quantitative estimate of drug-likeness (QED) is 0.758. The standard InChI is InChI=1S/C16H22N2O2S/c1-11(2)16(7-8-16)10-18-14(19)9-20-13-5-3-12(4-6-13)15(17)21/h3-6,11H,7-10H2,1-2H3,(H2,17,21)(H,18,19). The van der Waals surface area contributed by atoms with Crippen molar-refractivity contribution in [3.05, 3.63) is 29.8 Å². The number of amides is 1. The third kappa shape index (κ3) is 4.17. The lowest BCUT2D eigenvalue weighted by molar-refractivity contribution is -0.123. The van der Waals surface area contributed by atoms with Gasteiger partial charge in [0.15, 0.2) is 6.61 Å². The molecular formula is C16H22N2O2S. The summed E-state index contributed by atoms with van der Waals surface area (Å²) in [5.41, 5.74) is 6.62. The van der Waals surface area contributed by atoms with Gasteiger partial charge < -0.3 is 15.8 Å². The summed E-state index contributed by atoms with van der Waals surface area (Å²) in [5.74, 6) is 1.15. The molecule has 0 spiro atoms. The zero-order valence-electron chi connectivity index (χ0n) is 12.5. The van der Waals surface area contributed by atoms with E-state index in [-0.39, 0.29) is 12.5 Å². The summed E-state index contributed by atoms with van der Waals surface area (Å²) in [6, 6.07) is 7.09. The van der Waals surface area contributed by atoms with Crippen LogP contribution < -0.4 is 15.8 Å². The van der Waals surface area contributed by atoms with Gasteiger partial charge in [-0.05, 0) is 48.4 Å². The molecule has 1 amide bonds. The Morgan fingerprint density at radius 1 is 1.38 bits per heavy atom. The number of benzene rings is 1. The van der Waals surface area contributed by atoms with E-state index >= 15 is 0 Å². The van der Waals surface area contributed by atoms with Crippen LogP contribution >= 0.6 is 12.2 Å². The fourth-order valence-corrected chi connectivity index (χ4v) is 2.44. The second kappa shape index (κ2) is 6.43. The van der Waals surface area contributed by atoms with E-state index in [9.17, 15) is 4.79 Å². The minimum Gasteiger partial charge on any atom is -0.484 e. The van der Waals surface area contributed by atoms with E-state index < -0.39 is 0 Å². The molecule has 1 aliphatic rings. The van der Waals surface area contributed by atoms with Crippen molar-refractivity contribution in [1.82, 2.24) is 5.32 Å². The molecule has 0 atom stereocenters. The van der Waals surface area contributed by atoms with Crippen molar-refractivity contribution in [2.45, 2.75) is 26.7 Å². The van der Waals surface area contributed by atoms with Crippen LogP contribution in [-0.4, -0.2) is 24.0 Å². The fraction of sp³-hybridized carbons (Fsp3) is 0.500. The number of hydrogen-bond acceptors (Lipinski definition) is 3. The van der Waals surface area contributed by atoms with Crippen LogP contribution in [0, 0.1) is 11.3 Å². The van der Waals surface area contributed by atoms with Crippen LogP contribution in [-0.2, 0) is 4.79 Å². The highest BCUT2D eigenvalue weighted by Gasteiger charge is 2.45. The van der Waals surface area contributed by atoms with E-state index in [1.807, 2.05) is 0 Å². The molecule has 0 saturated heterocycles. The molecule has 1 saturated carbocycles. The van der Waals surface area contributed by atoms with Crippen molar-refractivity contribution in [3.63, 3.8) is 0 Å². The molecule has 0 unspecified atom stereocenters. The van der Waals surface area contributed by atoms with Gasteiger partial charge in [0.25, 0.3) is 5.91 Å². The van der Waals surface area contributed by atoms with Crippen LogP contribution in [0.4, 0.5) is 0 Å². The van der Waals surface area contributed by atoms with Gasteiger partial charge in [0.2, 0.25) is 0 Å². The van der Waals surface area contributed by atoms with Crippen LogP contribution in [0.1, 0.15) is 32.3 Å². The van der Waals surface area contributed by atoms with E-state index in [0.29, 0.717) is 22.1 Å². The van der Waals surface area contributed by atoms with Gasteiger partial charge in [0.1, 0.15) is 10.7 Å². The van der Waals surface area contributed by atoms with Crippen molar-refractivity contribution in [2.75, 3.05) is 13.2 Å². The largest absolute Gasteiger partial charge is 0.484 e. The van der Waals surface area contributed by atoms with Crippen LogP contribution in [0.5, 0.6) is 5.75 Å². The van der Waals surface area contributed by atoms with E-state index in [1.165, 1.54) is 12.8 Å². The van der Waals surface area contributed by atoms with Crippen LogP contribution in [0.25, 0.3) is 0 Å². The summed E-state index contributed by atoms with van der Waals surface area (Å²) >= 11 is 4.88. The van der Waals surface area contributed by atoms with Gasteiger partial charge in [-0.15, -0.1) is 0 Å². The van der Waals surface area contributed by atoms with Gasteiger partial charge in [-0.3, -0.25) is 4.79 Å². The maximum Gasteiger partial charge on any atom is 0.257 e. The molecule has 0 radical (unpaired) electrons. The lowest BCUT2D eigenvalue weighted by Gasteiger charge is -2.20. The Balaban J connectivity index is 1.75. The molecule has 5 heteroatoms. The first-order valence-electron chi connectivity index (χ1n) is 7.22. The number of nitrogens with two attached hydrogens (primary N) is 1. The number of thiocarbonyl (C=S) groups is 1. The molecule has 1 aliphatic carbocycles.